The fourth-order valence-corrected chi connectivity index (χ4v) is 11.0. The molecule has 0 saturated heterocycles. The maximum absolute atomic E-state index is 12.9. The summed E-state index contributed by atoms with van der Waals surface area (Å²) in [5, 5.41) is 0. The van der Waals surface area contributed by atoms with E-state index in [9.17, 15) is 14.4 Å². The van der Waals surface area contributed by atoms with Crippen LogP contribution in [0.1, 0.15) is 406 Å². The fourth-order valence-electron chi connectivity index (χ4n) is 11.0. The van der Waals surface area contributed by atoms with Crippen LogP contribution in [0.15, 0.2) is 12.2 Å². The number of carbonyl (C=O) groups excluding carboxylic acids is 3. The Bertz CT molecular complexity index is 1200. The third-order valence-corrected chi connectivity index (χ3v) is 16.3. The van der Waals surface area contributed by atoms with Gasteiger partial charge in [-0.05, 0) is 44.9 Å². The Labute approximate surface area is 481 Å². The van der Waals surface area contributed by atoms with E-state index in [0.717, 1.165) is 64.2 Å². The molecular formula is C71H136O6. The summed E-state index contributed by atoms with van der Waals surface area (Å²) in [5.41, 5.74) is 0. The first kappa shape index (κ1) is 75.2. The lowest BCUT2D eigenvalue weighted by atomic mass is 10.0. The van der Waals surface area contributed by atoms with Crippen molar-refractivity contribution in [3.8, 4) is 0 Å². The molecule has 0 amide bonds. The fraction of sp³-hybridized carbons (Fsp3) is 0.930. The van der Waals surface area contributed by atoms with Crippen LogP contribution in [0.3, 0.4) is 0 Å². The minimum atomic E-state index is -0.771. The van der Waals surface area contributed by atoms with Crippen LogP contribution in [-0.2, 0) is 28.6 Å². The van der Waals surface area contributed by atoms with Gasteiger partial charge in [-0.1, -0.05) is 354 Å². The highest BCUT2D eigenvalue weighted by Gasteiger charge is 2.19. The summed E-state index contributed by atoms with van der Waals surface area (Å²) in [6.07, 6.45) is 79.6. The normalized spacial score (nSPS) is 12.0. The van der Waals surface area contributed by atoms with Crippen LogP contribution in [-0.4, -0.2) is 37.2 Å². The van der Waals surface area contributed by atoms with Crippen molar-refractivity contribution in [1.82, 2.24) is 0 Å². The van der Waals surface area contributed by atoms with Crippen LogP contribution in [0.4, 0.5) is 0 Å². The van der Waals surface area contributed by atoms with Crippen molar-refractivity contribution in [2.45, 2.75) is 412 Å². The Hall–Kier alpha value is -1.85. The summed E-state index contributed by atoms with van der Waals surface area (Å²) >= 11 is 0. The number of allylic oxidation sites excluding steroid dienone is 2. The zero-order chi connectivity index (χ0) is 55.7. The number of carbonyl (C=O) groups is 3. The molecule has 0 heterocycles. The summed E-state index contributed by atoms with van der Waals surface area (Å²) in [4.78, 5) is 38.4. The maximum Gasteiger partial charge on any atom is 0.306 e. The minimum absolute atomic E-state index is 0.0666. The van der Waals surface area contributed by atoms with E-state index < -0.39 is 6.10 Å². The van der Waals surface area contributed by atoms with Gasteiger partial charge in [0.1, 0.15) is 13.2 Å². The zero-order valence-electron chi connectivity index (χ0n) is 52.5. The lowest BCUT2D eigenvalue weighted by molar-refractivity contribution is -0.167. The predicted molar refractivity (Wildman–Crippen MR) is 335 cm³/mol. The number of ether oxygens (including phenoxy) is 3. The average molecular weight is 1090 g/mol. The molecule has 1 unspecified atom stereocenters. The summed E-state index contributed by atoms with van der Waals surface area (Å²) in [5.74, 6) is -0.840. The minimum Gasteiger partial charge on any atom is -0.462 e. The Kier molecular flexibility index (Phi) is 65.1. The molecule has 0 aliphatic carbocycles. The molecule has 0 fully saturated rings. The Morgan fingerprint density at radius 3 is 0.649 bits per heavy atom. The summed E-state index contributed by atoms with van der Waals surface area (Å²) in [7, 11) is 0. The molecule has 1 atom stereocenters. The molecule has 0 aromatic heterocycles. The Morgan fingerprint density at radius 1 is 0.247 bits per heavy atom. The lowest BCUT2D eigenvalue weighted by Gasteiger charge is -2.18. The number of unbranched alkanes of at least 4 members (excludes halogenated alkanes) is 53. The summed E-state index contributed by atoms with van der Waals surface area (Å²) in [6, 6.07) is 0. The number of hydrogen-bond donors (Lipinski definition) is 0. The highest BCUT2D eigenvalue weighted by molar-refractivity contribution is 5.71. The molecule has 0 bridgehead atoms. The van der Waals surface area contributed by atoms with Crippen LogP contribution >= 0.6 is 0 Å². The van der Waals surface area contributed by atoms with E-state index in [4.69, 9.17) is 14.2 Å². The van der Waals surface area contributed by atoms with Crippen LogP contribution in [0.2, 0.25) is 0 Å². The molecule has 0 aliphatic heterocycles. The second kappa shape index (κ2) is 66.7. The summed E-state index contributed by atoms with van der Waals surface area (Å²) in [6.45, 7) is 6.72. The van der Waals surface area contributed by atoms with E-state index in [1.807, 2.05) is 0 Å². The van der Waals surface area contributed by atoms with Crippen LogP contribution in [0, 0.1) is 0 Å². The van der Waals surface area contributed by atoms with Gasteiger partial charge in [0.25, 0.3) is 0 Å². The smallest absolute Gasteiger partial charge is 0.306 e. The number of hydrogen-bond acceptors (Lipinski definition) is 6. The zero-order valence-corrected chi connectivity index (χ0v) is 52.5. The monoisotopic (exact) mass is 1090 g/mol. The second-order valence-electron chi connectivity index (χ2n) is 24.2. The molecule has 0 aromatic carbocycles. The molecule has 6 nitrogen and oxygen atoms in total. The van der Waals surface area contributed by atoms with Gasteiger partial charge in [0.2, 0.25) is 0 Å². The van der Waals surface area contributed by atoms with Crippen molar-refractivity contribution in [2.75, 3.05) is 13.2 Å². The highest BCUT2D eigenvalue weighted by Crippen LogP contribution is 2.19. The summed E-state index contributed by atoms with van der Waals surface area (Å²) < 4.78 is 17.0. The first-order valence-electron chi connectivity index (χ1n) is 35.2. The van der Waals surface area contributed by atoms with Crippen LogP contribution < -0.4 is 0 Å². The molecule has 0 spiro atoms. The highest BCUT2D eigenvalue weighted by atomic mass is 16.6. The standard InChI is InChI=1S/C71H136O6/c1-4-7-10-13-16-19-22-25-28-31-32-33-34-35-36-37-38-39-40-41-44-46-49-52-55-58-61-64-70(73)76-67-68(77-71(74)65-62-59-56-53-50-47-43-30-27-24-21-18-15-12-9-6-3)66-75-69(72)63-60-57-54-51-48-45-42-29-26-23-20-17-14-11-8-5-2/h30,43,68H,4-29,31-42,44-67H2,1-3H3/b43-30-. The van der Waals surface area contributed by atoms with E-state index in [1.54, 1.807) is 0 Å². The van der Waals surface area contributed by atoms with Crippen molar-refractivity contribution < 1.29 is 28.6 Å². The first-order chi connectivity index (χ1) is 38.0. The van der Waals surface area contributed by atoms with E-state index in [2.05, 4.69) is 32.9 Å². The van der Waals surface area contributed by atoms with Crippen molar-refractivity contribution in [1.29, 1.82) is 0 Å². The molecule has 0 saturated carbocycles. The van der Waals surface area contributed by atoms with Crippen LogP contribution in [0.25, 0.3) is 0 Å². The van der Waals surface area contributed by atoms with Crippen molar-refractivity contribution in [3.05, 3.63) is 12.2 Å². The van der Waals surface area contributed by atoms with Crippen molar-refractivity contribution in [2.24, 2.45) is 0 Å². The van der Waals surface area contributed by atoms with Crippen LogP contribution in [0.5, 0.6) is 0 Å². The Balaban J connectivity index is 4.20. The maximum atomic E-state index is 12.9. The lowest BCUT2D eigenvalue weighted by Crippen LogP contribution is -2.30. The molecule has 0 N–H and O–H groups in total. The molecule has 0 radical (unpaired) electrons. The van der Waals surface area contributed by atoms with Gasteiger partial charge in [-0.3, -0.25) is 14.4 Å². The molecule has 456 valence electrons. The Morgan fingerprint density at radius 2 is 0.429 bits per heavy atom. The average Bonchev–Trinajstić information content (AvgIpc) is 3.43. The third kappa shape index (κ3) is 64.9. The van der Waals surface area contributed by atoms with E-state index in [-0.39, 0.29) is 31.1 Å². The van der Waals surface area contributed by atoms with Gasteiger partial charge >= 0.3 is 17.9 Å². The van der Waals surface area contributed by atoms with Gasteiger partial charge < -0.3 is 14.2 Å². The van der Waals surface area contributed by atoms with Crippen molar-refractivity contribution >= 4 is 17.9 Å². The third-order valence-electron chi connectivity index (χ3n) is 16.3. The molecule has 6 heteroatoms. The van der Waals surface area contributed by atoms with E-state index in [0.29, 0.717) is 19.3 Å². The van der Waals surface area contributed by atoms with Gasteiger partial charge in [0.05, 0.1) is 0 Å². The second-order valence-corrected chi connectivity index (χ2v) is 24.2. The van der Waals surface area contributed by atoms with Gasteiger partial charge in [-0.15, -0.1) is 0 Å². The van der Waals surface area contributed by atoms with Gasteiger partial charge in [-0.25, -0.2) is 0 Å². The number of rotatable bonds is 66. The largest absolute Gasteiger partial charge is 0.462 e. The van der Waals surface area contributed by atoms with E-state index >= 15 is 0 Å². The van der Waals surface area contributed by atoms with Crippen molar-refractivity contribution in [3.63, 3.8) is 0 Å². The van der Waals surface area contributed by atoms with Gasteiger partial charge in [0, 0.05) is 19.3 Å². The van der Waals surface area contributed by atoms with E-state index in [1.165, 1.54) is 302 Å². The van der Waals surface area contributed by atoms with Gasteiger partial charge in [0.15, 0.2) is 6.10 Å². The topological polar surface area (TPSA) is 78.9 Å². The molecule has 77 heavy (non-hydrogen) atoms. The first-order valence-corrected chi connectivity index (χ1v) is 35.2. The quantitative estimate of drug-likeness (QED) is 0.0261. The molecule has 0 rings (SSSR count). The molecule has 0 aliphatic rings. The SMILES string of the molecule is CCCCCCCCC/C=C\CCCCCCCC(=O)OC(COC(=O)CCCCCCCCCCCCCCCCCC)COC(=O)CCCCCCCCCCCCCCCCCCCCCCCCCCCCC. The molecule has 0 aromatic rings. The number of esters is 3. The predicted octanol–water partition coefficient (Wildman–Crippen LogP) is 24.0. The molecular weight excluding hydrogens is 949 g/mol. The van der Waals surface area contributed by atoms with Gasteiger partial charge in [-0.2, -0.15) is 0 Å².